The Kier molecular flexibility index (Phi) is 7.57. The monoisotopic (exact) mass is 441 g/mol. The van der Waals surface area contributed by atoms with Crippen molar-refractivity contribution in [3.63, 3.8) is 0 Å². The molecule has 0 aliphatic heterocycles. The first-order valence-electron chi connectivity index (χ1n) is 12.1. The highest BCUT2D eigenvalue weighted by atomic mass is 16.4. The van der Waals surface area contributed by atoms with E-state index in [2.05, 4.69) is 30.7 Å². The average Bonchev–Trinajstić information content (AvgIpc) is 3.24. The largest absolute Gasteiger partial charge is 0.426 e. The minimum absolute atomic E-state index is 0.389. The Morgan fingerprint density at radius 1 is 0.970 bits per heavy atom. The first-order valence-corrected chi connectivity index (χ1v) is 12.1. The van der Waals surface area contributed by atoms with Crippen LogP contribution in [0.2, 0.25) is 0 Å². The van der Waals surface area contributed by atoms with Gasteiger partial charge in [0.15, 0.2) is 5.65 Å². The quantitative estimate of drug-likeness (QED) is 0.218. The minimum atomic E-state index is -0.389. The van der Waals surface area contributed by atoms with Crippen molar-refractivity contribution in [3.8, 4) is 23.1 Å². The van der Waals surface area contributed by atoms with E-state index in [9.17, 15) is 4.79 Å². The second-order valence-electron chi connectivity index (χ2n) is 8.41. The van der Waals surface area contributed by atoms with E-state index in [1.165, 1.54) is 6.42 Å². The van der Waals surface area contributed by atoms with Gasteiger partial charge in [-0.15, -0.1) is 0 Å². The van der Waals surface area contributed by atoms with Crippen LogP contribution in [0.25, 0.3) is 27.8 Å². The van der Waals surface area contributed by atoms with Crippen LogP contribution in [0, 0.1) is 11.8 Å². The third-order valence-corrected chi connectivity index (χ3v) is 5.90. The molecule has 0 bridgehead atoms. The molecule has 1 aromatic carbocycles. The van der Waals surface area contributed by atoms with Gasteiger partial charge in [0.25, 0.3) is 0 Å². The Labute approximate surface area is 194 Å². The molecule has 0 aliphatic rings. The molecule has 3 heterocycles. The van der Waals surface area contributed by atoms with Gasteiger partial charge in [-0.2, -0.15) is 5.10 Å². The Hall–Kier alpha value is -3.39. The molecule has 0 fully saturated rings. The fourth-order valence-electron chi connectivity index (χ4n) is 4.11. The van der Waals surface area contributed by atoms with Gasteiger partial charge in [0.2, 0.25) is 0 Å². The van der Waals surface area contributed by atoms with E-state index < -0.39 is 0 Å². The van der Waals surface area contributed by atoms with Gasteiger partial charge in [-0.3, -0.25) is 0 Å². The second-order valence-corrected chi connectivity index (χ2v) is 8.41. The zero-order chi connectivity index (χ0) is 23.0. The molecule has 170 valence electrons. The van der Waals surface area contributed by atoms with Gasteiger partial charge in [-0.25, -0.2) is 14.3 Å². The molecule has 0 unspecified atom stereocenters. The number of hydrogen-bond donors (Lipinski definition) is 0. The fourth-order valence-corrected chi connectivity index (χ4v) is 4.11. The molecular weight excluding hydrogens is 410 g/mol. The van der Waals surface area contributed by atoms with Gasteiger partial charge in [-0.1, -0.05) is 88.1 Å². The maximum atomic E-state index is 13.1. The van der Waals surface area contributed by atoms with Crippen LogP contribution in [-0.2, 0) is 6.42 Å². The number of fused-ring (bicyclic) bond motifs is 3. The van der Waals surface area contributed by atoms with E-state index in [1.54, 1.807) is 10.7 Å². The van der Waals surface area contributed by atoms with Crippen LogP contribution in [0.1, 0.15) is 76.5 Å². The lowest BCUT2D eigenvalue weighted by Crippen LogP contribution is -2.05. The number of nitrogens with zero attached hydrogens (tertiary/aromatic N) is 3. The van der Waals surface area contributed by atoms with Gasteiger partial charge in [0.05, 0.1) is 11.3 Å². The molecule has 5 heteroatoms. The highest BCUT2D eigenvalue weighted by Gasteiger charge is 2.20. The van der Waals surface area contributed by atoms with Crippen molar-refractivity contribution in [2.24, 2.45) is 0 Å². The molecule has 3 aromatic heterocycles. The molecule has 4 rings (SSSR count). The summed E-state index contributed by atoms with van der Waals surface area (Å²) in [5, 5.41) is 5.27. The van der Waals surface area contributed by atoms with Crippen LogP contribution >= 0.6 is 0 Å². The third-order valence-electron chi connectivity index (χ3n) is 5.90. The van der Waals surface area contributed by atoms with Crippen molar-refractivity contribution >= 4 is 16.6 Å². The SMILES string of the molecule is CCCCCC#Cc1c(CCCCCC)oc(=O)c2c1nn1c(-c3ccccc3)ccnc21. The lowest BCUT2D eigenvalue weighted by atomic mass is 10.1. The molecule has 4 aromatic rings. The topological polar surface area (TPSA) is 60.4 Å². The average molecular weight is 442 g/mol. The molecule has 0 aliphatic carbocycles. The molecule has 0 spiro atoms. The zero-order valence-corrected chi connectivity index (χ0v) is 19.6. The van der Waals surface area contributed by atoms with Crippen LogP contribution in [-0.4, -0.2) is 14.6 Å². The summed E-state index contributed by atoms with van der Waals surface area (Å²) in [4.78, 5) is 17.6. The van der Waals surface area contributed by atoms with Crippen molar-refractivity contribution in [1.82, 2.24) is 14.6 Å². The van der Waals surface area contributed by atoms with Crippen LogP contribution in [0.15, 0.2) is 51.8 Å². The first kappa shape index (κ1) is 22.8. The van der Waals surface area contributed by atoms with Crippen molar-refractivity contribution in [1.29, 1.82) is 0 Å². The first-order chi connectivity index (χ1) is 16.2. The minimum Gasteiger partial charge on any atom is -0.426 e. The highest BCUT2D eigenvalue weighted by molar-refractivity contribution is 5.95. The van der Waals surface area contributed by atoms with Crippen molar-refractivity contribution < 1.29 is 4.42 Å². The number of unbranched alkanes of at least 4 members (excludes halogenated alkanes) is 6. The smallest absolute Gasteiger partial charge is 0.349 e. The number of rotatable bonds is 9. The summed E-state index contributed by atoms with van der Waals surface area (Å²) in [5.74, 6) is 7.27. The molecule has 0 saturated heterocycles. The van der Waals surface area contributed by atoms with Crippen molar-refractivity contribution in [2.45, 2.75) is 71.6 Å². The summed E-state index contributed by atoms with van der Waals surface area (Å²) in [5.41, 5.74) is 3.33. The maximum absolute atomic E-state index is 13.1. The lowest BCUT2D eigenvalue weighted by Gasteiger charge is -2.04. The van der Waals surface area contributed by atoms with E-state index in [-0.39, 0.29) is 5.63 Å². The van der Waals surface area contributed by atoms with E-state index in [0.29, 0.717) is 28.7 Å². The summed E-state index contributed by atoms with van der Waals surface area (Å²) in [6.45, 7) is 4.37. The summed E-state index contributed by atoms with van der Waals surface area (Å²) in [6.07, 6.45) is 11.0. The summed E-state index contributed by atoms with van der Waals surface area (Å²) in [7, 11) is 0. The summed E-state index contributed by atoms with van der Waals surface area (Å²) >= 11 is 0. The van der Waals surface area contributed by atoms with Gasteiger partial charge < -0.3 is 4.42 Å². The molecule has 0 saturated carbocycles. The van der Waals surface area contributed by atoms with E-state index >= 15 is 0 Å². The van der Waals surface area contributed by atoms with Crippen LogP contribution in [0.4, 0.5) is 0 Å². The molecule has 0 N–H and O–H groups in total. The summed E-state index contributed by atoms with van der Waals surface area (Å²) < 4.78 is 7.59. The van der Waals surface area contributed by atoms with Crippen molar-refractivity contribution in [2.75, 3.05) is 0 Å². The fraction of sp³-hybridized carbons (Fsp3) is 0.393. The number of aromatic nitrogens is 3. The molecule has 0 amide bonds. The van der Waals surface area contributed by atoms with Crippen LogP contribution in [0.5, 0.6) is 0 Å². The third kappa shape index (κ3) is 5.01. The lowest BCUT2D eigenvalue weighted by molar-refractivity contribution is 0.455. The van der Waals surface area contributed by atoms with Crippen molar-refractivity contribution in [3.05, 3.63) is 64.3 Å². The van der Waals surface area contributed by atoms with E-state index in [0.717, 1.165) is 61.8 Å². The second kappa shape index (κ2) is 11.0. The zero-order valence-electron chi connectivity index (χ0n) is 19.6. The normalized spacial score (nSPS) is 11.1. The van der Waals surface area contributed by atoms with Gasteiger partial charge in [-0.05, 0) is 18.9 Å². The Morgan fingerprint density at radius 2 is 1.76 bits per heavy atom. The van der Waals surface area contributed by atoms with Crippen LogP contribution < -0.4 is 5.63 Å². The van der Waals surface area contributed by atoms with E-state index in [1.807, 2.05) is 36.4 Å². The highest BCUT2D eigenvalue weighted by Crippen LogP contribution is 2.26. The number of aryl methyl sites for hydroxylation is 1. The van der Waals surface area contributed by atoms with Gasteiger partial charge in [0, 0.05) is 24.6 Å². The molecule has 0 atom stereocenters. The van der Waals surface area contributed by atoms with Gasteiger partial charge >= 0.3 is 5.63 Å². The Bertz CT molecular complexity index is 1340. The predicted molar refractivity (Wildman–Crippen MR) is 133 cm³/mol. The van der Waals surface area contributed by atoms with Crippen LogP contribution in [0.3, 0.4) is 0 Å². The molecule has 0 radical (unpaired) electrons. The van der Waals surface area contributed by atoms with Gasteiger partial charge in [0.1, 0.15) is 16.7 Å². The maximum Gasteiger partial charge on any atom is 0.349 e. The molecular formula is C28H31N3O2. The Morgan fingerprint density at radius 3 is 2.55 bits per heavy atom. The Balaban J connectivity index is 1.87. The standard InChI is InChI=1S/C28H31N3O2/c1-3-5-7-9-13-17-22-24(18-14-8-6-4-2)33-28(32)25-26(22)30-31-23(19-20-29-27(25)31)21-15-11-10-12-16-21/h10-12,15-16,19-20H,3-9,14,18H2,1-2H3. The number of hydrogen-bond acceptors (Lipinski definition) is 4. The number of benzene rings is 1. The molecule has 5 nitrogen and oxygen atoms in total. The molecule has 33 heavy (non-hydrogen) atoms. The summed E-state index contributed by atoms with van der Waals surface area (Å²) in [6, 6.07) is 11.9. The van der Waals surface area contributed by atoms with E-state index in [4.69, 9.17) is 9.52 Å². The predicted octanol–water partition coefficient (Wildman–Crippen LogP) is 6.56.